The van der Waals surface area contributed by atoms with Crippen LogP contribution in [0.4, 0.5) is 4.39 Å². The Bertz CT molecular complexity index is 588. The van der Waals surface area contributed by atoms with Crippen LogP contribution in [0.1, 0.15) is 35.7 Å². The summed E-state index contributed by atoms with van der Waals surface area (Å²) in [4.78, 5) is 11.2. The minimum Gasteiger partial charge on any atom is -0.478 e. The van der Waals surface area contributed by atoms with Crippen molar-refractivity contribution in [3.63, 3.8) is 0 Å². The lowest BCUT2D eigenvalue weighted by molar-refractivity contribution is 0.0695. The summed E-state index contributed by atoms with van der Waals surface area (Å²) in [6, 6.07) is 7.74. The van der Waals surface area contributed by atoms with Gasteiger partial charge in [0.25, 0.3) is 0 Å². The third-order valence-electron chi connectivity index (χ3n) is 2.83. The van der Waals surface area contributed by atoms with Crippen molar-refractivity contribution in [3.05, 3.63) is 47.3 Å². The molecule has 0 unspecified atom stereocenters. The van der Waals surface area contributed by atoms with Crippen LogP contribution in [0.3, 0.4) is 0 Å². The number of carbonyl (C=O) groups is 1. The quantitative estimate of drug-likeness (QED) is 0.855. The predicted molar refractivity (Wildman–Crippen MR) is 65.0 cm³/mol. The van der Waals surface area contributed by atoms with E-state index in [1.54, 1.807) is 18.2 Å². The molecular formula is C14H13FO2. The zero-order valence-corrected chi connectivity index (χ0v) is 9.70. The van der Waals surface area contributed by atoms with Crippen LogP contribution in [-0.2, 0) is 0 Å². The van der Waals surface area contributed by atoms with Gasteiger partial charge in [0, 0.05) is 0 Å². The van der Waals surface area contributed by atoms with Crippen molar-refractivity contribution in [2.45, 2.75) is 19.8 Å². The Morgan fingerprint density at radius 1 is 1.24 bits per heavy atom. The maximum Gasteiger partial charge on any atom is 0.335 e. The first-order valence-corrected chi connectivity index (χ1v) is 5.46. The molecule has 0 atom stereocenters. The zero-order valence-electron chi connectivity index (χ0n) is 9.70. The Balaban J connectivity index is 2.87. The van der Waals surface area contributed by atoms with Crippen molar-refractivity contribution in [2.24, 2.45) is 0 Å². The second kappa shape index (κ2) is 4.17. The molecule has 3 heteroatoms. The second-order valence-corrected chi connectivity index (χ2v) is 4.35. The highest BCUT2D eigenvalue weighted by Crippen LogP contribution is 2.29. The highest BCUT2D eigenvalue weighted by atomic mass is 19.1. The van der Waals surface area contributed by atoms with Gasteiger partial charge in [-0.2, -0.15) is 0 Å². The van der Waals surface area contributed by atoms with E-state index in [4.69, 9.17) is 5.11 Å². The molecule has 0 heterocycles. The first-order valence-electron chi connectivity index (χ1n) is 5.46. The molecule has 2 aromatic carbocycles. The van der Waals surface area contributed by atoms with E-state index in [1.807, 2.05) is 13.8 Å². The van der Waals surface area contributed by atoms with Crippen molar-refractivity contribution < 1.29 is 14.3 Å². The van der Waals surface area contributed by atoms with Gasteiger partial charge in [-0.3, -0.25) is 0 Å². The van der Waals surface area contributed by atoms with Crippen LogP contribution in [0.15, 0.2) is 30.3 Å². The van der Waals surface area contributed by atoms with E-state index in [-0.39, 0.29) is 17.3 Å². The summed E-state index contributed by atoms with van der Waals surface area (Å²) in [5, 5.41) is 10.7. The van der Waals surface area contributed by atoms with E-state index in [0.717, 1.165) is 5.39 Å². The van der Waals surface area contributed by atoms with E-state index < -0.39 is 5.97 Å². The fourth-order valence-corrected chi connectivity index (χ4v) is 2.12. The average molecular weight is 232 g/mol. The van der Waals surface area contributed by atoms with E-state index >= 15 is 0 Å². The molecule has 17 heavy (non-hydrogen) atoms. The molecule has 0 aromatic heterocycles. The lowest BCUT2D eigenvalue weighted by Gasteiger charge is -2.13. The molecule has 2 nitrogen and oxygen atoms in total. The summed E-state index contributed by atoms with van der Waals surface area (Å²) in [6.45, 7) is 3.82. The van der Waals surface area contributed by atoms with E-state index in [9.17, 15) is 9.18 Å². The third kappa shape index (κ3) is 2.00. The summed E-state index contributed by atoms with van der Waals surface area (Å²) in [5.41, 5.74) is 0.938. The van der Waals surface area contributed by atoms with Crippen LogP contribution in [0, 0.1) is 5.82 Å². The predicted octanol–water partition coefficient (Wildman–Crippen LogP) is 3.80. The first kappa shape index (κ1) is 11.6. The van der Waals surface area contributed by atoms with Crippen molar-refractivity contribution in [1.82, 2.24) is 0 Å². The normalized spacial score (nSPS) is 11.1. The fraction of sp³-hybridized carbons (Fsp3) is 0.214. The summed E-state index contributed by atoms with van der Waals surface area (Å²) in [5.74, 6) is -1.28. The van der Waals surface area contributed by atoms with Crippen molar-refractivity contribution in [1.29, 1.82) is 0 Å². The zero-order chi connectivity index (χ0) is 12.6. The molecule has 0 saturated carbocycles. The van der Waals surface area contributed by atoms with Gasteiger partial charge in [0.05, 0.1) is 5.56 Å². The Morgan fingerprint density at radius 2 is 1.88 bits per heavy atom. The smallest absolute Gasteiger partial charge is 0.335 e. The van der Waals surface area contributed by atoms with Gasteiger partial charge in [0.15, 0.2) is 0 Å². The van der Waals surface area contributed by atoms with Crippen molar-refractivity contribution in [2.75, 3.05) is 0 Å². The third-order valence-corrected chi connectivity index (χ3v) is 2.83. The van der Waals surface area contributed by atoms with E-state index in [2.05, 4.69) is 0 Å². The van der Waals surface area contributed by atoms with Gasteiger partial charge in [-0.05, 0) is 40.5 Å². The summed E-state index contributed by atoms with van der Waals surface area (Å²) in [7, 11) is 0. The van der Waals surface area contributed by atoms with Gasteiger partial charge in [-0.25, -0.2) is 9.18 Å². The van der Waals surface area contributed by atoms with Crippen LogP contribution in [0.25, 0.3) is 10.8 Å². The molecule has 0 fully saturated rings. The molecule has 0 aliphatic rings. The maximum absolute atomic E-state index is 13.3. The SMILES string of the molecule is CC(C)c1c(C(=O)O)ccc2ccc(F)cc12. The molecule has 0 aliphatic carbocycles. The molecular weight excluding hydrogens is 219 g/mol. The summed E-state index contributed by atoms with van der Waals surface area (Å²) in [6.07, 6.45) is 0. The molecule has 0 saturated heterocycles. The molecule has 0 spiro atoms. The van der Waals surface area contributed by atoms with Crippen LogP contribution in [0.2, 0.25) is 0 Å². The molecule has 2 rings (SSSR count). The van der Waals surface area contributed by atoms with Gasteiger partial charge in [0.2, 0.25) is 0 Å². The number of benzene rings is 2. The molecule has 1 N–H and O–H groups in total. The standard InChI is InChI=1S/C14H13FO2/c1-8(2)13-11(14(16)17)6-4-9-3-5-10(15)7-12(9)13/h3-8H,1-2H3,(H,16,17). The number of hydrogen-bond acceptors (Lipinski definition) is 1. The lowest BCUT2D eigenvalue weighted by Crippen LogP contribution is -2.04. The van der Waals surface area contributed by atoms with Crippen LogP contribution in [0.5, 0.6) is 0 Å². The minimum absolute atomic E-state index is 0.0339. The largest absolute Gasteiger partial charge is 0.478 e. The topological polar surface area (TPSA) is 37.3 Å². The number of halogens is 1. The first-order chi connectivity index (χ1) is 8.00. The Morgan fingerprint density at radius 3 is 2.47 bits per heavy atom. The average Bonchev–Trinajstić information content (AvgIpc) is 2.26. The number of hydrogen-bond donors (Lipinski definition) is 1. The van der Waals surface area contributed by atoms with Gasteiger partial charge in [-0.1, -0.05) is 26.0 Å². The Labute approximate surface area is 98.7 Å². The number of carboxylic acid groups (broad SMARTS) is 1. The molecule has 88 valence electrons. The number of carboxylic acids is 1. The molecule has 0 bridgehead atoms. The summed E-state index contributed by atoms with van der Waals surface area (Å²) < 4.78 is 13.3. The Kier molecular flexibility index (Phi) is 2.84. The van der Waals surface area contributed by atoms with Gasteiger partial charge in [0.1, 0.15) is 5.82 Å². The lowest BCUT2D eigenvalue weighted by atomic mass is 9.91. The maximum atomic E-state index is 13.3. The highest BCUT2D eigenvalue weighted by Gasteiger charge is 2.16. The van der Waals surface area contributed by atoms with Crippen LogP contribution in [-0.4, -0.2) is 11.1 Å². The van der Waals surface area contributed by atoms with Crippen molar-refractivity contribution in [3.8, 4) is 0 Å². The van der Waals surface area contributed by atoms with Gasteiger partial charge in [-0.15, -0.1) is 0 Å². The monoisotopic (exact) mass is 232 g/mol. The second-order valence-electron chi connectivity index (χ2n) is 4.35. The highest BCUT2D eigenvalue weighted by molar-refractivity contribution is 5.98. The minimum atomic E-state index is -0.972. The molecule has 0 aliphatic heterocycles. The fourth-order valence-electron chi connectivity index (χ4n) is 2.12. The van der Waals surface area contributed by atoms with E-state index in [1.165, 1.54) is 12.1 Å². The Hall–Kier alpha value is -1.90. The molecule has 0 amide bonds. The summed E-state index contributed by atoms with van der Waals surface area (Å²) >= 11 is 0. The number of rotatable bonds is 2. The van der Waals surface area contributed by atoms with Gasteiger partial charge >= 0.3 is 5.97 Å². The molecule has 2 aromatic rings. The number of aromatic carboxylic acids is 1. The van der Waals surface area contributed by atoms with Crippen LogP contribution >= 0.6 is 0 Å². The van der Waals surface area contributed by atoms with Crippen LogP contribution < -0.4 is 0 Å². The van der Waals surface area contributed by atoms with E-state index in [0.29, 0.717) is 10.9 Å². The number of fused-ring (bicyclic) bond motifs is 1. The van der Waals surface area contributed by atoms with Crippen molar-refractivity contribution >= 4 is 16.7 Å². The van der Waals surface area contributed by atoms with Gasteiger partial charge < -0.3 is 5.11 Å². The molecule has 0 radical (unpaired) electrons.